The Morgan fingerprint density at radius 1 is 1.14 bits per heavy atom. The fraction of sp³-hybridized carbons (Fsp3) is 0.217. The standard InChI is InChI=1S/C23H22N2O3/c1-14-7-9-16(10-8-14)21-20(15(2)26)22(27)23(28)25(21)12-11-17-13-24-19-6-4-3-5-18(17)19/h3-10,13,21,24,27H,11-12H2,1-2H3/t21-/m0/s1. The number of carbonyl (C=O) groups excluding carboxylic acids is 2. The van der Waals surface area contributed by atoms with Crippen LogP contribution in [0.5, 0.6) is 0 Å². The van der Waals surface area contributed by atoms with Crippen LogP contribution in [0.15, 0.2) is 66.1 Å². The molecule has 1 aliphatic heterocycles. The van der Waals surface area contributed by atoms with Crippen LogP contribution < -0.4 is 0 Å². The maximum Gasteiger partial charge on any atom is 0.290 e. The van der Waals surface area contributed by atoms with Crippen molar-refractivity contribution in [2.24, 2.45) is 0 Å². The van der Waals surface area contributed by atoms with E-state index in [2.05, 4.69) is 4.98 Å². The van der Waals surface area contributed by atoms with Gasteiger partial charge in [-0.25, -0.2) is 0 Å². The van der Waals surface area contributed by atoms with Crippen LogP contribution in [-0.4, -0.2) is 33.2 Å². The number of amides is 1. The second kappa shape index (κ2) is 7.00. The van der Waals surface area contributed by atoms with Gasteiger partial charge < -0.3 is 15.0 Å². The molecule has 0 radical (unpaired) electrons. The van der Waals surface area contributed by atoms with Crippen molar-refractivity contribution in [3.63, 3.8) is 0 Å². The highest BCUT2D eigenvalue weighted by Crippen LogP contribution is 2.38. The number of aryl methyl sites for hydroxylation is 1. The van der Waals surface area contributed by atoms with Crippen LogP contribution in [-0.2, 0) is 16.0 Å². The number of ketones is 1. The summed E-state index contributed by atoms with van der Waals surface area (Å²) in [6.07, 6.45) is 2.57. The maximum absolute atomic E-state index is 12.8. The molecule has 5 heteroatoms. The number of para-hydroxylation sites is 1. The van der Waals surface area contributed by atoms with Crippen molar-refractivity contribution >= 4 is 22.6 Å². The summed E-state index contributed by atoms with van der Waals surface area (Å²) in [5, 5.41) is 11.5. The SMILES string of the molecule is CC(=O)C1=C(O)C(=O)N(CCc2c[nH]c3ccccc23)[C@H]1c1ccc(C)cc1. The summed E-state index contributed by atoms with van der Waals surface area (Å²) in [6, 6.07) is 15.2. The van der Waals surface area contributed by atoms with Crippen molar-refractivity contribution in [2.45, 2.75) is 26.3 Å². The molecule has 3 aromatic rings. The van der Waals surface area contributed by atoms with Crippen LogP contribution in [0, 0.1) is 6.92 Å². The smallest absolute Gasteiger partial charge is 0.290 e. The number of rotatable bonds is 5. The molecule has 28 heavy (non-hydrogen) atoms. The molecule has 142 valence electrons. The van der Waals surface area contributed by atoms with Gasteiger partial charge in [0, 0.05) is 23.6 Å². The minimum Gasteiger partial charge on any atom is -0.503 e. The van der Waals surface area contributed by atoms with Gasteiger partial charge in [-0.3, -0.25) is 9.59 Å². The van der Waals surface area contributed by atoms with Gasteiger partial charge in [0.2, 0.25) is 0 Å². The lowest BCUT2D eigenvalue weighted by molar-refractivity contribution is -0.129. The van der Waals surface area contributed by atoms with E-state index in [1.54, 1.807) is 4.90 Å². The molecule has 5 nitrogen and oxygen atoms in total. The second-order valence-electron chi connectivity index (χ2n) is 7.24. The molecule has 1 aromatic heterocycles. The van der Waals surface area contributed by atoms with E-state index < -0.39 is 17.7 Å². The van der Waals surface area contributed by atoms with E-state index in [4.69, 9.17) is 0 Å². The van der Waals surface area contributed by atoms with Gasteiger partial charge in [-0.2, -0.15) is 0 Å². The third kappa shape index (κ3) is 2.99. The Morgan fingerprint density at radius 3 is 2.57 bits per heavy atom. The lowest BCUT2D eigenvalue weighted by atomic mass is 9.96. The Hall–Kier alpha value is -3.34. The van der Waals surface area contributed by atoms with Gasteiger partial charge >= 0.3 is 0 Å². The fourth-order valence-electron chi connectivity index (χ4n) is 3.92. The number of H-pyrrole nitrogens is 1. The number of benzene rings is 2. The molecule has 1 atom stereocenters. The van der Waals surface area contributed by atoms with Crippen LogP contribution in [0.2, 0.25) is 0 Å². The molecule has 1 aliphatic rings. The Balaban J connectivity index is 1.67. The van der Waals surface area contributed by atoms with E-state index in [1.165, 1.54) is 6.92 Å². The maximum atomic E-state index is 12.8. The second-order valence-corrected chi connectivity index (χ2v) is 7.24. The van der Waals surface area contributed by atoms with Crippen molar-refractivity contribution < 1.29 is 14.7 Å². The minimum absolute atomic E-state index is 0.174. The topological polar surface area (TPSA) is 73.4 Å². The van der Waals surface area contributed by atoms with E-state index in [0.29, 0.717) is 13.0 Å². The predicted molar refractivity (Wildman–Crippen MR) is 108 cm³/mol. The summed E-state index contributed by atoms with van der Waals surface area (Å²) < 4.78 is 0. The number of Topliss-reactive ketones (excluding diaryl/α,β-unsaturated/α-hetero) is 1. The highest BCUT2D eigenvalue weighted by atomic mass is 16.3. The number of carbonyl (C=O) groups is 2. The number of hydrogen-bond acceptors (Lipinski definition) is 3. The summed E-state index contributed by atoms with van der Waals surface area (Å²) in [6.45, 7) is 3.78. The zero-order valence-corrected chi connectivity index (χ0v) is 15.9. The quantitative estimate of drug-likeness (QED) is 0.709. The largest absolute Gasteiger partial charge is 0.503 e. The molecule has 1 amide bonds. The molecule has 2 aromatic carbocycles. The lowest BCUT2D eigenvalue weighted by Gasteiger charge is -2.26. The van der Waals surface area contributed by atoms with Gasteiger partial charge in [0.25, 0.3) is 5.91 Å². The molecule has 0 saturated heterocycles. The first kappa shape index (κ1) is 18.0. The van der Waals surface area contributed by atoms with Crippen molar-refractivity contribution in [1.29, 1.82) is 0 Å². The molecule has 2 heterocycles. The average molecular weight is 374 g/mol. The van der Waals surface area contributed by atoms with Crippen molar-refractivity contribution in [2.75, 3.05) is 6.54 Å². The Morgan fingerprint density at radius 2 is 1.86 bits per heavy atom. The van der Waals surface area contributed by atoms with E-state index >= 15 is 0 Å². The highest BCUT2D eigenvalue weighted by molar-refractivity contribution is 6.08. The minimum atomic E-state index is -0.559. The highest BCUT2D eigenvalue weighted by Gasteiger charge is 2.42. The van der Waals surface area contributed by atoms with E-state index in [-0.39, 0.29) is 11.4 Å². The first-order valence-electron chi connectivity index (χ1n) is 9.34. The lowest BCUT2D eigenvalue weighted by Crippen LogP contribution is -2.32. The normalized spacial score (nSPS) is 17.0. The third-order valence-corrected chi connectivity index (χ3v) is 5.37. The monoisotopic (exact) mass is 374 g/mol. The van der Waals surface area contributed by atoms with Crippen LogP contribution in [0.1, 0.15) is 29.7 Å². The number of nitrogens with one attached hydrogen (secondary N) is 1. The number of aromatic nitrogens is 1. The summed E-state index contributed by atoms with van der Waals surface area (Å²) in [7, 11) is 0. The van der Waals surface area contributed by atoms with E-state index in [1.807, 2.05) is 61.7 Å². The summed E-state index contributed by atoms with van der Waals surface area (Å²) in [5.41, 5.74) is 4.24. The molecular formula is C23H22N2O3. The number of fused-ring (bicyclic) bond motifs is 1. The summed E-state index contributed by atoms with van der Waals surface area (Å²) >= 11 is 0. The molecule has 0 fully saturated rings. The van der Waals surface area contributed by atoms with E-state index in [9.17, 15) is 14.7 Å². The van der Waals surface area contributed by atoms with Crippen LogP contribution in [0.25, 0.3) is 10.9 Å². The zero-order chi connectivity index (χ0) is 19.8. The zero-order valence-electron chi connectivity index (χ0n) is 15.9. The van der Waals surface area contributed by atoms with Gasteiger partial charge in [0.15, 0.2) is 11.5 Å². The van der Waals surface area contributed by atoms with Gasteiger partial charge in [-0.05, 0) is 37.5 Å². The first-order chi connectivity index (χ1) is 13.5. The molecule has 2 N–H and O–H groups in total. The van der Waals surface area contributed by atoms with Gasteiger partial charge in [0.05, 0.1) is 11.6 Å². The van der Waals surface area contributed by atoms with Gasteiger partial charge in [0.1, 0.15) is 0 Å². The summed E-state index contributed by atoms with van der Waals surface area (Å²) in [5.74, 6) is -1.21. The molecule has 0 aliphatic carbocycles. The van der Waals surface area contributed by atoms with Crippen molar-refractivity contribution in [3.05, 3.63) is 82.8 Å². The number of nitrogens with zero attached hydrogens (tertiary/aromatic N) is 1. The molecular weight excluding hydrogens is 352 g/mol. The molecule has 4 rings (SSSR count). The van der Waals surface area contributed by atoms with Gasteiger partial charge in [-0.1, -0.05) is 48.0 Å². The molecule has 0 saturated carbocycles. The third-order valence-electron chi connectivity index (χ3n) is 5.37. The van der Waals surface area contributed by atoms with Gasteiger partial charge in [-0.15, -0.1) is 0 Å². The van der Waals surface area contributed by atoms with Crippen LogP contribution >= 0.6 is 0 Å². The fourth-order valence-corrected chi connectivity index (χ4v) is 3.92. The predicted octanol–water partition coefficient (Wildman–Crippen LogP) is 4.00. The Bertz CT molecular complexity index is 1090. The number of aromatic amines is 1. The average Bonchev–Trinajstić information content (AvgIpc) is 3.20. The van der Waals surface area contributed by atoms with Crippen LogP contribution in [0.4, 0.5) is 0 Å². The first-order valence-corrected chi connectivity index (χ1v) is 9.34. The van der Waals surface area contributed by atoms with E-state index in [0.717, 1.165) is 27.6 Å². The number of hydrogen-bond donors (Lipinski definition) is 2. The van der Waals surface area contributed by atoms with Crippen molar-refractivity contribution in [3.8, 4) is 0 Å². The number of aliphatic hydroxyl groups excluding tert-OH is 1. The Kier molecular flexibility index (Phi) is 4.51. The van der Waals surface area contributed by atoms with Crippen LogP contribution in [0.3, 0.4) is 0 Å². The summed E-state index contributed by atoms with van der Waals surface area (Å²) in [4.78, 5) is 29.8. The molecule has 0 spiro atoms. The Labute approximate surface area is 163 Å². The molecule has 0 unspecified atom stereocenters. The van der Waals surface area contributed by atoms with Crippen molar-refractivity contribution in [1.82, 2.24) is 9.88 Å². The molecule has 0 bridgehead atoms. The number of aliphatic hydroxyl groups is 1.